The SMILES string of the molecule is C=CC(=O)OCCCCOc1ccc(C(=O)Oc2ccc(-c3nc4ccccc4c(=O)o3)cc2OC)cc1. The molecule has 0 fully saturated rings. The van der Waals surface area contributed by atoms with Crippen molar-refractivity contribution < 1.29 is 33.0 Å². The number of carbonyl (C=O) groups is 2. The molecule has 0 saturated carbocycles. The van der Waals surface area contributed by atoms with Crippen LogP contribution in [0.1, 0.15) is 23.2 Å². The minimum Gasteiger partial charge on any atom is -0.494 e. The maximum absolute atomic E-state index is 12.7. The van der Waals surface area contributed by atoms with Gasteiger partial charge in [-0.05, 0) is 67.4 Å². The van der Waals surface area contributed by atoms with Gasteiger partial charge in [0.1, 0.15) is 5.75 Å². The Morgan fingerprint density at radius 2 is 1.74 bits per heavy atom. The molecule has 38 heavy (non-hydrogen) atoms. The molecule has 1 aromatic heterocycles. The standard InChI is InChI=1S/C29H25NO8/c1-3-26(31)36-17-7-6-16-35-21-13-10-19(11-14-21)28(32)37-24-15-12-20(18-25(24)34-2)27-30-23-9-5-4-8-22(23)29(33)38-27/h3-5,8-15,18H,1,6-7,16-17H2,2H3. The number of nitrogens with zero attached hydrogens (tertiary/aromatic N) is 1. The van der Waals surface area contributed by atoms with Crippen molar-refractivity contribution in [2.45, 2.75) is 12.8 Å². The average molecular weight is 516 g/mol. The molecule has 4 rings (SSSR count). The monoisotopic (exact) mass is 515 g/mol. The van der Waals surface area contributed by atoms with E-state index < -0.39 is 17.6 Å². The quantitative estimate of drug-likeness (QED) is 0.118. The number of benzene rings is 3. The van der Waals surface area contributed by atoms with Gasteiger partial charge in [0.2, 0.25) is 5.89 Å². The third-order valence-electron chi connectivity index (χ3n) is 5.46. The van der Waals surface area contributed by atoms with Crippen LogP contribution in [0.3, 0.4) is 0 Å². The molecule has 4 aromatic rings. The molecule has 9 heteroatoms. The van der Waals surface area contributed by atoms with Crippen LogP contribution in [-0.2, 0) is 9.53 Å². The van der Waals surface area contributed by atoms with Crippen molar-refractivity contribution in [1.29, 1.82) is 0 Å². The number of aromatic nitrogens is 1. The van der Waals surface area contributed by atoms with Crippen molar-refractivity contribution in [2.75, 3.05) is 20.3 Å². The van der Waals surface area contributed by atoms with Crippen molar-refractivity contribution in [3.05, 3.63) is 95.4 Å². The fraction of sp³-hybridized carbons (Fsp3) is 0.172. The first-order valence-corrected chi connectivity index (χ1v) is 11.8. The summed E-state index contributed by atoms with van der Waals surface area (Å²) in [5, 5.41) is 0.386. The molecule has 194 valence electrons. The molecule has 0 amide bonds. The third-order valence-corrected chi connectivity index (χ3v) is 5.46. The van der Waals surface area contributed by atoms with Crippen LogP contribution in [0, 0.1) is 0 Å². The van der Waals surface area contributed by atoms with Gasteiger partial charge in [-0.25, -0.2) is 19.4 Å². The Morgan fingerprint density at radius 1 is 0.974 bits per heavy atom. The fourth-order valence-electron chi connectivity index (χ4n) is 3.50. The van der Waals surface area contributed by atoms with Gasteiger partial charge in [0.25, 0.3) is 0 Å². The highest BCUT2D eigenvalue weighted by molar-refractivity contribution is 5.91. The van der Waals surface area contributed by atoms with Crippen molar-refractivity contribution in [2.24, 2.45) is 0 Å². The Labute approximate surface area is 218 Å². The summed E-state index contributed by atoms with van der Waals surface area (Å²) in [6.45, 7) is 4.08. The summed E-state index contributed by atoms with van der Waals surface area (Å²) < 4.78 is 26.9. The number of esters is 2. The molecule has 1 heterocycles. The number of para-hydroxylation sites is 1. The van der Waals surface area contributed by atoms with E-state index in [9.17, 15) is 14.4 Å². The van der Waals surface area contributed by atoms with E-state index in [2.05, 4.69) is 11.6 Å². The van der Waals surface area contributed by atoms with Crippen LogP contribution in [0.15, 0.2) is 88.6 Å². The molecule has 0 aliphatic rings. The van der Waals surface area contributed by atoms with Gasteiger partial charge in [0, 0.05) is 11.6 Å². The van der Waals surface area contributed by atoms with Gasteiger partial charge < -0.3 is 23.4 Å². The number of hydrogen-bond acceptors (Lipinski definition) is 9. The number of methoxy groups -OCH3 is 1. The second-order valence-electron chi connectivity index (χ2n) is 8.03. The maximum atomic E-state index is 12.7. The maximum Gasteiger partial charge on any atom is 0.347 e. The van der Waals surface area contributed by atoms with Gasteiger partial charge in [-0.2, -0.15) is 0 Å². The van der Waals surface area contributed by atoms with Crippen molar-refractivity contribution in [3.63, 3.8) is 0 Å². The van der Waals surface area contributed by atoms with Crippen LogP contribution in [0.4, 0.5) is 0 Å². The van der Waals surface area contributed by atoms with Gasteiger partial charge in [-0.3, -0.25) is 0 Å². The second kappa shape index (κ2) is 12.4. The summed E-state index contributed by atoms with van der Waals surface area (Å²) in [5.41, 5.74) is 0.822. The van der Waals surface area contributed by atoms with E-state index in [1.54, 1.807) is 66.7 Å². The second-order valence-corrected chi connectivity index (χ2v) is 8.03. The summed E-state index contributed by atoms with van der Waals surface area (Å²) in [6, 6.07) is 18.2. The Balaban J connectivity index is 1.37. The fourth-order valence-corrected chi connectivity index (χ4v) is 3.50. The summed E-state index contributed by atoms with van der Waals surface area (Å²) in [5.74, 6) is 0.155. The molecular formula is C29H25NO8. The van der Waals surface area contributed by atoms with Crippen molar-refractivity contribution >= 4 is 22.8 Å². The van der Waals surface area contributed by atoms with E-state index in [4.69, 9.17) is 23.4 Å². The summed E-state index contributed by atoms with van der Waals surface area (Å²) in [6.07, 6.45) is 2.48. The number of rotatable bonds is 11. The Kier molecular flexibility index (Phi) is 8.50. The van der Waals surface area contributed by atoms with Crippen LogP contribution in [0.2, 0.25) is 0 Å². The number of unbranched alkanes of at least 4 members (excludes halogenated alkanes) is 1. The van der Waals surface area contributed by atoms with Crippen molar-refractivity contribution in [3.8, 4) is 28.7 Å². The van der Waals surface area contributed by atoms with E-state index in [1.807, 2.05) is 0 Å². The lowest BCUT2D eigenvalue weighted by Crippen LogP contribution is -2.09. The minimum absolute atomic E-state index is 0.123. The zero-order chi connectivity index (χ0) is 26.9. The molecule has 0 N–H and O–H groups in total. The lowest BCUT2D eigenvalue weighted by molar-refractivity contribution is -0.137. The molecule has 0 saturated heterocycles. The van der Waals surface area contributed by atoms with Crippen LogP contribution in [0.5, 0.6) is 17.2 Å². The Morgan fingerprint density at radius 3 is 2.50 bits per heavy atom. The topological polar surface area (TPSA) is 114 Å². The van der Waals surface area contributed by atoms with E-state index in [1.165, 1.54) is 7.11 Å². The number of ether oxygens (including phenoxy) is 4. The minimum atomic E-state index is -0.581. The first-order chi connectivity index (χ1) is 18.5. The molecule has 0 unspecified atom stereocenters. The molecule has 0 bridgehead atoms. The van der Waals surface area contributed by atoms with Gasteiger partial charge in [-0.1, -0.05) is 18.7 Å². The third kappa shape index (κ3) is 6.44. The number of fused-ring (bicyclic) bond motifs is 1. The van der Waals surface area contributed by atoms with E-state index in [0.29, 0.717) is 53.8 Å². The molecular weight excluding hydrogens is 490 g/mol. The van der Waals surface area contributed by atoms with Crippen LogP contribution < -0.4 is 19.8 Å². The van der Waals surface area contributed by atoms with Crippen molar-refractivity contribution in [1.82, 2.24) is 4.98 Å². The predicted molar refractivity (Wildman–Crippen MR) is 140 cm³/mol. The zero-order valence-corrected chi connectivity index (χ0v) is 20.7. The number of hydrogen-bond donors (Lipinski definition) is 0. The molecule has 9 nitrogen and oxygen atoms in total. The van der Waals surface area contributed by atoms with E-state index in [0.717, 1.165) is 6.08 Å². The van der Waals surface area contributed by atoms with E-state index in [-0.39, 0.29) is 17.4 Å². The van der Waals surface area contributed by atoms with Gasteiger partial charge in [0.15, 0.2) is 11.5 Å². The average Bonchev–Trinajstić information content (AvgIpc) is 2.95. The lowest BCUT2D eigenvalue weighted by atomic mass is 10.2. The van der Waals surface area contributed by atoms with E-state index >= 15 is 0 Å². The molecule has 0 aliphatic carbocycles. The highest BCUT2D eigenvalue weighted by atomic mass is 16.6. The van der Waals surface area contributed by atoms with Crippen LogP contribution in [-0.4, -0.2) is 37.2 Å². The molecule has 0 aliphatic heterocycles. The Bertz CT molecular complexity index is 1510. The highest BCUT2D eigenvalue weighted by Crippen LogP contribution is 2.32. The molecule has 0 spiro atoms. The van der Waals surface area contributed by atoms with Gasteiger partial charge in [-0.15, -0.1) is 0 Å². The summed E-state index contributed by atoms with van der Waals surface area (Å²) >= 11 is 0. The molecule has 0 radical (unpaired) electrons. The van der Waals surface area contributed by atoms with Crippen LogP contribution >= 0.6 is 0 Å². The highest BCUT2D eigenvalue weighted by Gasteiger charge is 2.16. The first kappa shape index (κ1) is 26.2. The largest absolute Gasteiger partial charge is 0.494 e. The summed E-state index contributed by atoms with van der Waals surface area (Å²) in [7, 11) is 1.44. The van der Waals surface area contributed by atoms with Gasteiger partial charge >= 0.3 is 17.6 Å². The first-order valence-electron chi connectivity index (χ1n) is 11.8. The smallest absolute Gasteiger partial charge is 0.347 e. The number of carbonyl (C=O) groups excluding carboxylic acids is 2. The lowest BCUT2D eigenvalue weighted by Gasteiger charge is -2.11. The molecule has 3 aromatic carbocycles. The summed E-state index contributed by atoms with van der Waals surface area (Å²) in [4.78, 5) is 40.4. The van der Waals surface area contributed by atoms with Gasteiger partial charge in [0.05, 0.1) is 36.8 Å². The normalized spacial score (nSPS) is 10.6. The van der Waals surface area contributed by atoms with Crippen LogP contribution in [0.25, 0.3) is 22.4 Å². The molecule has 0 atom stereocenters. The zero-order valence-electron chi connectivity index (χ0n) is 20.7. The predicted octanol–water partition coefficient (Wildman–Crippen LogP) is 4.97. The Hall–Kier alpha value is -4.92.